The molecule has 6 heteroatoms. The summed E-state index contributed by atoms with van der Waals surface area (Å²) in [6, 6.07) is 5.31. The molecule has 4 N–H and O–H groups in total. The molecule has 5 nitrogen and oxygen atoms in total. The van der Waals surface area contributed by atoms with Gasteiger partial charge < -0.3 is 5.73 Å². The summed E-state index contributed by atoms with van der Waals surface area (Å²) in [6.45, 7) is 4.18. The molecule has 1 rings (SSSR count). The van der Waals surface area contributed by atoms with Gasteiger partial charge in [-0.1, -0.05) is 24.8 Å². The summed E-state index contributed by atoms with van der Waals surface area (Å²) in [5.74, 6) is 5.56. The molecule has 0 bridgehead atoms. The summed E-state index contributed by atoms with van der Waals surface area (Å²) in [4.78, 5) is 0. The molecule has 0 aliphatic rings. The maximum atomic E-state index is 11.6. The summed E-state index contributed by atoms with van der Waals surface area (Å²) < 4.78 is 28.0. The Morgan fingerprint density at radius 2 is 2.11 bits per heavy atom. The van der Waals surface area contributed by atoms with Gasteiger partial charge in [-0.2, -0.15) is 13.1 Å². The van der Waals surface area contributed by atoms with Crippen LogP contribution in [0.5, 0.6) is 0 Å². The zero-order valence-corrected chi connectivity index (χ0v) is 11.3. The van der Waals surface area contributed by atoms with E-state index in [-0.39, 0.29) is 6.54 Å². The Balaban J connectivity index is 3.09. The van der Waals surface area contributed by atoms with Crippen LogP contribution in [-0.4, -0.2) is 21.5 Å². The van der Waals surface area contributed by atoms with E-state index >= 15 is 0 Å². The molecule has 0 fully saturated rings. The van der Waals surface area contributed by atoms with Gasteiger partial charge in [-0.05, 0) is 24.6 Å². The van der Waals surface area contributed by atoms with Gasteiger partial charge in [0.2, 0.25) is 0 Å². The number of aryl methyl sites for hydroxylation is 1. The van der Waals surface area contributed by atoms with Gasteiger partial charge in [0, 0.05) is 12.1 Å². The smallest absolute Gasteiger partial charge is 0.299 e. The minimum absolute atomic E-state index is 0.230. The molecule has 0 spiro atoms. The van der Waals surface area contributed by atoms with E-state index in [1.807, 2.05) is 19.1 Å². The molecule has 0 aromatic heterocycles. The first-order valence-electron chi connectivity index (χ1n) is 5.55. The third kappa shape index (κ3) is 4.37. The van der Waals surface area contributed by atoms with Gasteiger partial charge in [0.1, 0.15) is 0 Å². The minimum atomic E-state index is -3.54. The van der Waals surface area contributed by atoms with Gasteiger partial charge in [-0.25, -0.2) is 0 Å². The third-order valence-corrected chi connectivity index (χ3v) is 3.24. The first kappa shape index (κ1) is 14.5. The molecule has 0 aliphatic carbocycles. The van der Waals surface area contributed by atoms with E-state index in [0.29, 0.717) is 17.8 Å². The lowest BCUT2D eigenvalue weighted by molar-refractivity contribution is 0.589. The molecule has 0 radical (unpaired) electrons. The van der Waals surface area contributed by atoms with Gasteiger partial charge in [-0.15, -0.1) is 0 Å². The zero-order chi connectivity index (χ0) is 13.6. The van der Waals surface area contributed by atoms with Gasteiger partial charge in [0.05, 0.1) is 12.2 Å². The highest BCUT2D eigenvalue weighted by atomic mass is 32.2. The van der Waals surface area contributed by atoms with Crippen molar-refractivity contribution in [3.8, 4) is 11.8 Å². The summed E-state index contributed by atoms with van der Waals surface area (Å²) in [6.07, 6.45) is 0. The number of hydrogen-bond donors (Lipinski definition) is 3. The Morgan fingerprint density at radius 3 is 2.72 bits per heavy atom. The van der Waals surface area contributed by atoms with E-state index in [4.69, 9.17) is 5.73 Å². The Morgan fingerprint density at radius 1 is 1.39 bits per heavy atom. The standard InChI is InChI=1S/C12H17N3O2S/c1-3-14-18(16,17)15-12-7-6-10(2)9-11(12)5-4-8-13/h6-7,9,14-15H,3,8,13H2,1-2H3. The third-order valence-electron chi connectivity index (χ3n) is 2.08. The lowest BCUT2D eigenvalue weighted by Gasteiger charge is -2.10. The quantitative estimate of drug-likeness (QED) is 0.697. The van der Waals surface area contributed by atoms with Crippen molar-refractivity contribution in [3.63, 3.8) is 0 Å². The average molecular weight is 267 g/mol. The number of rotatable bonds is 4. The second-order valence-electron chi connectivity index (χ2n) is 3.66. The van der Waals surface area contributed by atoms with Crippen LogP contribution in [0.25, 0.3) is 0 Å². The van der Waals surface area contributed by atoms with Crippen molar-refractivity contribution in [1.29, 1.82) is 0 Å². The fourth-order valence-corrected chi connectivity index (χ4v) is 2.29. The number of nitrogens with one attached hydrogen (secondary N) is 2. The second kappa shape index (κ2) is 6.40. The van der Waals surface area contributed by atoms with Crippen LogP contribution in [0.15, 0.2) is 18.2 Å². The maximum Gasteiger partial charge on any atom is 0.299 e. The molecule has 0 saturated heterocycles. The van der Waals surface area contributed by atoms with Crippen LogP contribution in [0.4, 0.5) is 5.69 Å². The molecule has 98 valence electrons. The van der Waals surface area contributed by atoms with Crippen LogP contribution in [0.2, 0.25) is 0 Å². The van der Waals surface area contributed by atoms with Crippen molar-refractivity contribution in [3.05, 3.63) is 29.3 Å². The normalized spacial score (nSPS) is 10.6. The van der Waals surface area contributed by atoms with Crippen molar-refractivity contribution in [2.45, 2.75) is 13.8 Å². The molecular weight excluding hydrogens is 250 g/mol. The van der Waals surface area contributed by atoms with E-state index in [1.165, 1.54) is 0 Å². The minimum Gasteiger partial charge on any atom is -0.320 e. The highest BCUT2D eigenvalue weighted by Gasteiger charge is 2.10. The van der Waals surface area contributed by atoms with Crippen molar-refractivity contribution in [1.82, 2.24) is 4.72 Å². The van der Waals surface area contributed by atoms with Crippen LogP contribution >= 0.6 is 0 Å². The molecule has 18 heavy (non-hydrogen) atoms. The van der Waals surface area contributed by atoms with Crippen LogP contribution in [0.3, 0.4) is 0 Å². The van der Waals surface area contributed by atoms with E-state index in [0.717, 1.165) is 5.56 Å². The van der Waals surface area contributed by atoms with E-state index in [2.05, 4.69) is 21.3 Å². The lowest BCUT2D eigenvalue weighted by atomic mass is 10.1. The summed E-state index contributed by atoms with van der Waals surface area (Å²) in [5.41, 5.74) is 7.38. The molecule has 0 heterocycles. The first-order valence-corrected chi connectivity index (χ1v) is 7.04. The van der Waals surface area contributed by atoms with E-state index in [1.54, 1.807) is 13.0 Å². The van der Waals surface area contributed by atoms with Gasteiger partial charge in [0.15, 0.2) is 0 Å². The van der Waals surface area contributed by atoms with Gasteiger partial charge in [0.25, 0.3) is 10.2 Å². The maximum absolute atomic E-state index is 11.6. The largest absolute Gasteiger partial charge is 0.320 e. The monoisotopic (exact) mass is 267 g/mol. The van der Waals surface area contributed by atoms with Gasteiger partial charge >= 0.3 is 0 Å². The average Bonchev–Trinajstić information content (AvgIpc) is 2.29. The van der Waals surface area contributed by atoms with E-state index < -0.39 is 10.2 Å². The molecule has 1 aromatic rings. The van der Waals surface area contributed by atoms with Gasteiger partial charge in [-0.3, -0.25) is 4.72 Å². The number of nitrogens with two attached hydrogens (primary N) is 1. The molecular formula is C12H17N3O2S. The number of hydrogen-bond acceptors (Lipinski definition) is 3. The topological polar surface area (TPSA) is 84.2 Å². The SMILES string of the molecule is CCNS(=O)(=O)Nc1ccc(C)cc1C#CCN. The predicted octanol–water partition coefficient (Wildman–Crippen LogP) is 0.571. The summed E-state index contributed by atoms with van der Waals surface area (Å²) >= 11 is 0. The zero-order valence-electron chi connectivity index (χ0n) is 10.4. The molecule has 0 atom stereocenters. The highest BCUT2D eigenvalue weighted by molar-refractivity contribution is 7.90. The van der Waals surface area contributed by atoms with Crippen molar-refractivity contribution in [2.24, 2.45) is 5.73 Å². The Hall–Kier alpha value is -1.55. The van der Waals surface area contributed by atoms with Crippen LogP contribution in [0, 0.1) is 18.8 Å². The fraction of sp³-hybridized carbons (Fsp3) is 0.333. The highest BCUT2D eigenvalue weighted by Crippen LogP contribution is 2.17. The van der Waals surface area contributed by atoms with Crippen LogP contribution < -0.4 is 15.2 Å². The van der Waals surface area contributed by atoms with Crippen molar-refractivity contribution in [2.75, 3.05) is 17.8 Å². The molecule has 0 aliphatic heterocycles. The Kier molecular flexibility index (Phi) is 5.16. The Bertz CT molecular complexity index is 571. The van der Waals surface area contributed by atoms with Crippen molar-refractivity contribution < 1.29 is 8.42 Å². The lowest BCUT2D eigenvalue weighted by Crippen LogP contribution is -2.30. The Labute approximate surface area is 108 Å². The number of benzene rings is 1. The van der Waals surface area contributed by atoms with Crippen LogP contribution in [0.1, 0.15) is 18.1 Å². The molecule has 1 aromatic carbocycles. The summed E-state index contributed by atoms with van der Waals surface area (Å²) in [5, 5.41) is 0. The van der Waals surface area contributed by atoms with Crippen LogP contribution in [-0.2, 0) is 10.2 Å². The predicted molar refractivity (Wildman–Crippen MR) is 73.3 cm³/mol. The van der Waals surface area contributed by atoms with Crippen molar-refractivity contribution >= 4 is 15.9 Å². The first-order chi connectivity index (χ1) is 8.48. The summed E-state index contributed by atoms with van der Waals surface area (Å²) in [7, 11) is -3.54. The molecule has 0 saturated carbocycles. The second-order valence-corrected chi connectivity index (χ2v) is 5.16. The molecule has 0 amide bonds. The fourth-order valence-electron chi connectivity index (χ4n) is 1.37. The molecule has 0 unspecified atom stereocenters. The van der Waals surface area contributed by atoms with E-state index in [9.17, 15) is 8.42 Å². The number of anilines is 1.